The molecule has 1 aromatic heterocycles. The number of aromatic nitrogens is 1. The first kappa shape index (κ1) is 22.7. The first-order valence-corrected chi connectivity index (χ1v) is 11.2. The van der Waals surface area contributed by atoms with Crippen molar-refractivity contribution >= 4 is 15.6 Å². The van der Waals surface area contributed by atoms with Crippen molar-refractivity contribution in [1.29, 1.82) is 0 Å². The number of ketones is 1. The molecule has 0 bridgehead atoms. The van der Waals surface area contributed by atoms with E-state index in [9.17, 15) is 26.4 Å². The summed E-state index contributed by atoms with van der Waals surface area (Å²) >= 11 is 0. The highest BCUT2D eigenvalue weighted by Gasteiger charge is 2.30. The third kappa shape index (κ3) is 5.81. The van der Waals surface area contributed by atoms with Gasteiger partial charge in [0.2, 0.25) is 5.89 Å². The Labute approximate surface area is 177 Å². The van der Waals surface area contributed by atoms with Crippen molar-refractivity contribution in [3.63, 3.8) is 0 Å². The molecule has 1 heterocycles. The van der Waals surface area contributed by atoms with Gasteiger partial charge in [0.25, 0.3) is 0 Å². The van der Waals surface area contributed by atoms with Crippen molar-refractivity contribution in [3.8, 4) is 11.5 Å². The van der Waals surface area contributed by atoms with Crippen molar-refractivity contribution in [1.82, 2.24) is 4.98 Å². The van der Waals surface area contributed by atoms with Crippen LogP contribution in [0.25, 0.3) is 11.5 Å². The smallest absolute Gasteiger partial charge is 0.416 e. The highest BCUT2D eigenvalue weighted by atomic mass is 32.2. The van der Waals surface area contributed by atoms with Crippen molar-refractivity contribution in [2.75, 3.05) is 5.75 Å². The van der Waals surface area contributed by atoms with Gasteiger partial charge in [0, 0.05) is 12.0 Å². The molecule has 0 spiro atoms. The second-order valence-corrected chi connectivity index (χ2v) is 9.35. The van der Waals surface area contributed by atoms with Crippen LogP contribution >= 0.6 is 0 Å². The van der Waals surface area contributed by atoms with Crippen LogP contribution in [0.4, 0.5) is 13.2 Å². The van der Waals surface area contributed by atoms with E-state index in [2.05, 4.69) is 4.98 Å². The monoisotopic (exact) mass is 451 g/mol. The highest BCUT2D eigenvalue weighted by Crippen LogP contribution is 2.30. The van der Waals surface area contributed by atoms with Crippen LogP contribution in [0.3, 0.4) is 0 Å². The number of carbonyl (C=O) groups is 1. The van der Waals surface area contributed by atoms with E-state index in [0.29, 0.717) is 5.76 Å². The van der Waals surface area contributed by atoms with Crippen LogP contribution in [0.2, 0.25) is 0 Å². The van der Waals surface area contributed by atoms with Gasteiger partial charge in [-0.05, 0) is 37.1 Å². The van der Waals surface area contributed by atoms with E-state index in [-0.39, 0.29) is 17.1 Å². The molecule has 0 aliphatic heterocycles. The minimum atomic E-state index is -4.54. The number of alkyl halides is 3. The van der Waals surface area contributed by atoms with Gasteiger partial charge in [0.1, 0.15) is 11.5 Å². The molecule has 3 rings (SSSR count). The number of Topliss-reactive ketones (excluding diaryl/α,β-unsaturated/α-hetero) is 1. The third-order valence-corrected chi connectivity index (χ3v) is 6.14. The Kier molecular flexibility index (Phi) is 6.35. The van der Waals surface area contributed by atoms with Crippen LogP contribution in [0.15, 0.2) is 52.9 Å². The molecule has 0 aliphatic rings. The molecule has 164 valence electrons. The maximum absolute atomic E-state index is 12.8. The van der Waals surface area contributed by atoms with E-state index in [1.807, 2.05) is 25.1 Å². The van der Waals surface area contributed by atoms with Crippen LogP contribution in [0.1, 0.15) is 28.1 Å². The predicted molar refractivity (Wildman–Crippen MR) is 109 cm³/mol. The summed E-state index contributed by atoms with van der Waals surface area (Å²) in [5, 5.41) is 0. The maximum atomic E-state index is 12.8. The zero-order chi connectivity index (χ0) is 22.8. The number of nitrogens with zero attached hydrogens (tertiary/aromatic N) is 1. The summed E-state index contributed by atoms with van der Waals surface area (Å²) < 4.78 is 69.1. The van der Waals surface area contributed by atoms with E-state index >= 15 is 0 Å². The first-order chi connectivity index (χ1) is 14.4. The molecule has 0 aliphatic carbocycles. The van der Waals surface area contributed by atoms with Gasteiger partial charge in [-0.25, -0.2) is 13.4 Å². The van der Waals surface area contributed by atoms with Gasteiger partial charge in [0.15, 0.2) is 15.6 Å². The quantitative estimate of drug-likeness (QED) is 0.520. The summed E-state index contributed by atoms with van der Waals surface area (Å²) in [4.78, 5) is 16.5. The fourth-order valence-electron chi connectivity index (χ4n) is 3.13. The lowest BCUT2D eigenvalue weighted by atomic mass is 10.1. The Morgan fingerprint density at radius 1 is 1.06 bits per heavy atom. The summed E-state index contributed by atoms with van der Waals surface area (Å²) in [6.07, 6.45) is -4.94. The Morgan fingerprint density at radius 3 is 2.45 bits per heavy atom. The molecule has 0 fully saturated rings. The number of hydrogen-bond acceptors (Lipinski definition) is 5. The molecule has 0 saturated heterocycles. The van der Waals surface area contributed by atoms with Gasteiger partial charge in [-0.1, -0.05) is 36.4 Å². The number of benzene rings is 2. The number of aryl methyl sites for hydroxylation is 2. The lowest BCUT2D eigenvalue weighted by Crippen LogP contribution is -2.20. The topological polar surface area (TPSA) is 77.2 Å². The van der Waals surface area contributed by atoms with E-state index < -0.39 is 45.3 Å². The molecule has 0 atom stereocenters. The summed E-state index contributed by atoms with van der Waals surface area (Å²) in [7, 11) is -3.89. The van der Waals surface area contributed by atoms with E-state index in [1.165, 1.54) is 12.1 Å². The maximum Gasteiger partial charge on any atom is 0.416 e. The molecular weight excluding hydrogens is 431 g/mol. The Morgan fingerprint density at radius 2 is 1.77 bits per heavy atom. The normalized spacial score (nSPS) is 12.2. The molecule has 0 amide bonds. The minimum Gasteiger partial charge on any atom is -0.441 e. The number of carbonyl (C=O) groups excluding carboxylic acids is 1. The molecule has 0 radical (unpaired) electrons. The van der Waals surface area contributed by atoms with Gasteiger partial charge < -0.3 is 4.42 Å². The van der Waals surface area contributed by atoms with Crippen molar-refractivity contribution < 1.29 is 30.8 Å². The molecule has 3 aromatic rings. The zero-order valence-electron chi connectivity index (χ0n) is 16.9. The van der Waals surface area contributed by atoms with Crippen molar-refractivity contribution in [2.24, 2.45) is 0 Å². The number of oxazole rings is 1. The van der Waals surface area contributed by atoms with Crippen molar-refractivity contribution in [3.05, 3.63) is 76.7 Å². The lowest BCUT2D eigenvalue weighted by molar-refractivity contribution is -0.137. The second kappa shape index (κ2) is 8.66. The highest BCUT2D eigenvalue weighted by molar-refractivity contribution is 7.91. The van der Waals surface area contributed by atoms with Crippen molar-refractivity contribution in [2.45, 2.75) is 32.2 Å². The molecule has 2 aromatic carbocycles. The lowest BCUT2D eigenvalue weighted by Gasteiger charge is -2.08. The van der Waals surface area contributed by atoms with E-state index in [1.54, 1.807) is 13.0 Å². The molecule has 31 heavy (non-hydrogen) atoms. The summed E-state index contributed by atoms with van der Waals surface area (Å²) in [6, 6.07) is 11.6. The Hall–Kier alpha value is -2.94. The second-order valence-electron chi connectivity index (χ2n) is 7.28. The summed E-state index contributed by atoms with van der Waals surface area (Å²) in [6.45, 7) is 3.46. The largest absolute Gasteiger partial charge is 0.441 e. The zero-order valence-corrected chi connectivity index (χ0v) is 17.7. The molecule has 0 saturated carbocycles. The fraction of sp³-hybridized carbons (Fsp3) is 0.273. The predicted octanol–water partition coefficient (Wildman–Crippen LogP) is 4.70. The Balaban J connectivity index is 1.71. The molecule has 0 unspecified atom stereocenters. The number of sulfone groups is 1. The van der Waals surface area contributed by atoms with Crippen LogP contribution in [0.5, 0.6) is 0 Å². The minimum absolute atomic E-state index is 0.106. The average molecular weight is 451 g/mol. The van der Waals surface area contributed by atoms with Gasteiger partial charge in [-0.2, -0.15) is 13.2 Å². The number of hydrogen-bond donors (Lipinski definition) is 0. The van der Waals surface area contributed by atoms with Crippen LogP contribution in [0, 0.1) is 13.8 Å². The van der Waals surface area contributed by atoms with Crippen LogP contribution < -0.4 is 0 Å². The van der Waals surface area contributed by atoms with Gasteiger partial charge in [-0.3, -0.25) is 4.79 Å². The number of rotatable bonds is 7. The third-order valence-electron chi connectivity index (χ3n) is 4.66. The fourth-order valence-corrected chi connectivity index (χ4v) is 4.51. The summed E-state index contributed by atoms with van der Waals surface area (Å²) in [5.74, 6) is -1.37. The molecular formula is C22H20F3NO4S. The van der Waals surface area contributed by atoms with Crippen LogP contribution in [-0.4, -0.2) is 24.9 Å². The van der Waals surface area contributed by atoms with Crippen LogP contribution in [-0.2, 0) is 33.0 Å². The van der Waals surface area contributed by atoms with Gasteiger partial charge in [0.05, 0.1) is 17.0 Å². The molecule has 5 nitrogen and oxygen atoms in total. The number of halogens is 3. The first-order valence-electron chi connectivity index (χ1n) is 9.35. The standard InChI is InChI=1S/C22H20F3NO4S/c1-14-6-3-4-9-19(14)21-26-20(15(2)30-21)13-31(28,29)12-18(27)11-16-7-5-8-17(10-16)22(23,24)25/h3-10H,11-13H2,1-2H3. The SMILES string of the molecule is Cc1ccccc1-c1nc(CS(=O)(=O)CC(=O)Cc2cccc(C(F)(F)F)c2)c(C)o1. The molecule has 9 heteroatoms. The van der Waals surface area contributed by atoms with Gasteiger partial charge in [-0.15, -0.1) is 0 Å². The van der Waals surface area contributed by atoms with E-state index in [0.717, 1.165) is 23.3 Å². The van der Waals surface area contributed by atoms with Gasteiger partial charge >= 0.3 is 6.18 Å². The molecule has 0 N–H and O–H groups in total. The Bertz CT molecular complexity index is 1210. The summed E-state index contributed by atoms with van der Waals surface area (Å²) in [5.41, 5.74) is 1.06. The van der Waals surface area contributed by atoms with E-state index in [4.69, 9.17) is 4.42 Å². The average Bonchev–Trinajstić information content (AvgIpc) is 3.00.